The molecule has 0 aliphatic rings. The maximum Gasteiger partial charge on any atom is 0.367 e. The van der Waals surface area contributed by atoms with Gasteiger partial charge in [0.1, 0.15) is 5.75 Å². The summed E-state index contributed by atoms with van der Waals surface area (Å²) in [5.74, 6) is -0.0944. The lowest BCUT2D eigenvalue weighted by molar-refractivity contribution is -0.883. The summed E-state index contributed by atoms with van der Waals surface area (Å²) in [4.78, 5) is 12.0. The Bertz CT molecular complexity index is 698. The Labute approximate surface area is 176 Å². The highest BCUT2D eigenvalue weighted by atomic mass is 32.2. The smallest absolute Gasteiger partial charge is 0.367 e. The van der Waals surface area contributed by atoms with Gasteiger partial charge in [-0.3, -0.25) is 4.55 Å². The highest BCUT2D eigenvalue weighted by molar-refractivity contribution is 7.85. The summed E-state index contributed by atoms with van der Waals surface area (Å²) in [7, 11) is -0.224. The highest BCUT2D eigenvalue weighted by Crippen LogP contribution is 2.16. The van der Waals surface area contributed by atoms with Crippen LogP contribution in [0, 0.1) is 0 Å². The van der Waals surface area contributed by atoms with Crippen LogP contribution in [-0.4, -0.2) is 50.6 Å². The zero-order valence-corrected chi connectivity index (χ0v) is 19.0. The average Bonchev–Trinajstić information content (AvgIpc) is 2.62. The monoisotopic (exact) mass is 428 g/mol. The van der Waals surface area contributed by atoms with Crippen molar-refractivity contribution in [1.29, 1.82) is 0 Å². The molecule has 0 aliphatic heterocycles. The van der Waals surface area contributed by atoms with E-state index in [0.29, 0.717) is 4.48 Å². The molecule has 1 aromatic rings. The molecule has 7 heteroatoms. The summed E-state index contributed by atoms with van der Waals surface area (Å²) < 4.78 is 36.9. The fraction of sp³-hybridized carbons (Fsp3) is 0.682. The lowest BCUT2D eigenvalue weighted by atomic mass is 10.1. The van der Waals surface area contributed by atoms with Gasteiger partial charge in [-0.2, -0.15) is 8.42 Å². The number of ether oxygens (including phenoxy) is 1. The van der Waals surface area contributed by atoms with Crippen LogP contribution < -0.4 is 4.74 Å². The van der Waals surface area contributed by atoms with Gasteiger partial charge in [0, 0.05) is 0 Å². The molecule has 1 rings (SSSR count). The molecule has 166 valence electrons. The van der Waals surface area contributed by atoms with Gasteiger partial charge in [-0.05, 0) is 37.1 Å². The van der Waals surface area contributed by atoms with Crippen molar-refractivity contribution < 1.29 is 27.0 Å². The first-order chi connectivity index (χ1) is 13.6. The first-order valence-corrected chi connectivity index (χ1v) is 12.2. The topological polar surface area (TPSA) is 80.7 Å². The van der Waals surface area contributed by atoms with E-state index in [1.807, 2.05) is 14.1 Å². The fourth-order valence-electron chi connectivity index (χ4n) is 3.30. The van der Waals surface area contributed by atoms with Crippen molar-refractivity contribution in [2.75, 3.05) is 27.2 Å². The first-order valence-electron chi connectivity index (χ1n) is 10.7. The van der Waals surface area contributed by atoms with Crippen molar-refractivity contribution in [2.24, 2.45) is 0 Å². The van der Waals surface area contributed by atoms with Gasteiger partial charge in [0.25, 0.3) is 10.1 Å². The minimum atomic E-state index is -4.24. The molecule has 0 unspecified atom stereocenters. The highest BCUT2D eigenvalue weighted by Gasteiger charge is 2.21. The molecule has 6 nitrogen and oxygen atoms in total. The SMILES string of the molecule is CCCCCCCCCCCC[N+](C)(C)CC(=O)Oc1ccc(S(=O)(=O)O)cc1. The average molecular weight is 429 g/mol. The van der Waals surface area contributed by atoms with E-state index < -0.39 is 10.1 Å². The number of unbranched alkanes of at least 4 members (excludes halogenated alkanes) is 9. The van der Waals surface area contributed by atoms with Crippen molar-refractivity contribution in [3.8, 4) is 5.75 Å². The van der Waals surface area contributed by atoms with E-state index in [4.69, 9.17) is 9.29 Å². The van der Waals surface area contributed by atoms with Crippen LogP contribution in [0.5, 0.6) is 5.75 Å². The van der Waals surface area contributed by atoms with Crippen LogP contribution in [0.4, 0.5) is 0 Å². The van der Waals surface area contributed by atoms with Crippen LogP contribution in [0.15, 0.2) is 29.2 Å². The van der Waals surface area contributed by atoms with Crippen molar-refractivity contribution in [2.45, 2.75) is 76.0 Å². The Morgan fingerprint density at radius 2 is 1.38 bits per heavy atom. The zero-order chi connectivity index (χ0) is 21.8. The van der Waals surface area contributed by atoms with Crippen LogP contribution in [0.1, 0.15) is 71.1 Å². The number of quaternary nitrogens is 1. The van der Waals surface area contributed by atoms with Gasteiger partial charge >= 0.3 is 5.97 Å². The molecule has 1 aromatic carbocycles. The van der Waals surface area contributed by atoms with Gasteiger partial charge in [-0.15, -0.1) is 0 Å². The van der Waals surface area contributed by atoms with Gasteiger partial charge in [0.15, 0.2) is 6.54 Å². The molecular formula is C22H38NO5S+. The quantitative estimate of drug-likeness (QED) is 0.142. The van der Waals surface area contributed by atoms with Crippen molar-refractivity contribution in [3.05, 3.63) is 24.3 Å². The largest absolute Gasteiger partial charge is 0.422 e. The van der Waals surface area contributed by atoms with Crippen molar-refractivity contribution >= 4 is 16.1 Å². The summed E-state index contributed by atoms with van der Waals surface area (Å²) in [5, 5.41) is 0. The molecule has 0 aromatic heterocycles. The Balaban J connectivity index is 2.22. The predicted molar refractivity (Wildman–Crippen MR) is 116 cm³/mol. The van der Waals surface area contributed by atoms with Crippen LogP contribution in [0.2, 0.25) is 0 Å². The van der Waals surface area contributed by atoms with Crippen LogP contribution in [0.25, 0.3) is 0 Å². The molecule has 0 spiro atoms. The molecule has 1 N–H and O–H groups in total. The van der Waals surface area contributed by atoms with Gasteiger partial charge < -0.3 is 9.22 Å². The number of carbonyl (C=O) groups excluding carboxylic acids is 1. The van der Waals surface area contributed by atoms with Gasteiger partial charge in [-0.1, -0.05) is 58.3 Å². The molecule has 0 saturated heterocycles. The van der Waals surface area contributed by atoms with Gasteiger partial charge in [0.05, 0.1) is 25.5 Å². The normalized spacial score (nSPS) is 12.1. The summed E-state index contributed by atoms with van der Waals surface area (Å²) in [5.41, 5.74) is 0. The lowest BCUT2D eigenvalue weighted by Crippen LogP contribution is -2.45. The van der Waals surface area contributed by atoms with Crippen molar-refractivity contribution in [3.63, 3.8) is 0 Å². The third kappa shape index (κ3) is 12.0. The van der Waals surface area contributed by atoms with E-state index >= 15 is 0 Å². The Hall–Kier alpha value is -1.44. The minimum absolute atomic E-state index is 0.227. The molecule has 0 atom stereocenters. The van der Waals surface area contributed by atoms with E-state index in [9.17, 15) is 13.2 Å². The summed E-state index contributed by atoms with van der Waals surface area (Å²) in [6.45, 7) is 3.40. The number of hydrogen-bond acceptors (Lipinski definition) is 4. The number of nitrogens with zero attached hydrogens (tertiary/aromatic N) is 1. The molecule has 0 amide bonds. The van der Waals surface area contributed by atoms with Gasteiger partial charge in [0.2, 0.25) is 0 Å². The molecule has 29 heavy (non-hydrogen) atoms. The van der Waals surface area contributed by atoms with Crippen LogP contribution >= 0.6 is 0 Å². The summed E-state index contributed by atoms with van der Waals surface area (Å²) in [6.07, 6.45) is 12.8. The third-order valence-corrected chi connectivity index (χ3v) is 5.90. The maximum absolute atomic E-state index is 12.2. The number of rotatable bonds is 15. The van der Waals surface area contributed by atoms with Gasteiger partial charge in [-0.25, -0.2) is 4.79 Å². The second-order valence-electron chi connectivity index (χ2n) is 8.42. The molecule has 0 aliphatic carbocycles. The van der Waals surface area contributed by atoms with E-state index in [0.717, 1.165) is 13.0 Å². The fourth-order valence-corrected chi connectivity index (χ4v) is 3.78. The molecular weight excluding hydrogens is 390 g/mol. The first kappa shape index (κ1) is 25.6. The number of carbonyl (C=O) groups is 1. The second kappa shape index (κ2) is 13.0. The number of hydrogen-bond donors (Lipinski definition) is 1. The lowest BCUT2D eigenvalue weighted by Gasteiger charge is -2.28. The molecule has 0 bridgehead atoms. The molecule has 0 radical (unpaired) electrons. The summed E-state index contributed by atoms with van der Waals surface area (Å²) in [6, 6.07) is 5.15. The number of esters is 1. The molecule has 0 fully saturated rings. The Kier molecular flexibility index (Phi) is 11.5. The predicted octanol–water partition coefficient (Wildman–Crippen LogP) is 4.84. The molecule has 0 saturated carbocycles. The van der Waals surface area contributed by atoms with E-state index in [1.165, 1.54) is 82.1 Å². The number of benzene rings is 1. The third-order valence-electron chi connectivity index (χ3n) is 5.03. The second-order valence-corrected chi connectivity index (χ2v) is 9.84. The van der Waals surface area contributed by atoms with Crippen LogP contribution in [-0.2, 0) is 14.9 Å². The molecule has 0 heterocycles. The zero-order valence-electron chi connectivity index (χ0n) is 18.2. The Morgan fingerprint density at radius 1 is 0.897 bits per heavy atom. The summed E-state index contributed by atoms with van der Waals surface area (Å²) >= 11 is 0. The minimum Gasteiger partial charge on any atom is -0.422 e. The Morgan fingerprint density at radius 3 is 1.86 bits per heavy atom. The number of likely N-dealkylation sites (N-methyl/N-ethyl adjacent to an activating group) is 1. The standard InChI is InChI=1S/C22H37NO5S/c1-4-5-6-7-8-9-10-11-12-13-18-23(2,3)19-22(24)28-20-14-16-21(17-15-20)29(25,26)27/h14-17H,4-13,18-19H2,1-3H3/p+1. The van der Waals surface area contributed by atoms with E-state index in [1.54, 1.807) is 0 Å². The maximum atomic E-state index is 12.2. The van der Waals surface area contributed by atoms with E-state index in [-0.39, 0.29) is 23.2 Å². The van der Waals surface area contributed by atoms with E-state index in [2.05, 4.69) is 6.92 Å². The van der Waals surface area contributed by atoms with Crippen molar-refractivity contribution in [1.82, 2.24) is 0 Å². The van der Waals surface area contributed by atoms with Crippen LogP contribution in [0.3, 0.4) is 0 Å².